The fraction of sp³-hybridized carbons (Fsp3) is 0.357. The van der Waals surface area contributed by atoms with Gasteiger partial charge in [-0.25, -0.2) is 0 Å². The van der Waals surface area contributed by atoms with E-state index in [4.69, 9.17) is 13.3 Å². The predicted molar refractivity (Wildman–Crippen MR) is 77.0 cm³/mol. The summed E-state index contributed by atoms with van der Waals surface area (Å²) >= 11 is 0. The summed E-state index contributed by atoms with van der Waals surface area (Å²) in [5.74, 6) is 0. The lowest BCUT2D eigenvalue weighted by Crippen LogP contribution is -2.43. The summed E-state index contributed by atoms with van der Waals surface area (Å²) < 4.78 is 16.2. The lowest BCUT2D eigenvalue weighted by Gasteiger charge is -2.24. The Hall–Kier alpha value is -1.27. The molecule has 0 radical (unpaired) electrons. The lowest BCUT2D eigenvalue weighted by molar-refractivity contribution is 0.123. The summed E-state index contributed by atoms with van der Waals surface area (Å²) in [5, 5.41) is 2.35. The first kappa shape index (κ1) is 14.1. The number of fused-ring (bicyclic) bond motifs is 1. The van der Waals surface area contributed by atoms with Crippen LogP contribution >= 0.6 is 0 Å². The Kier molecular flexibility index (Phi) is 4.65. The fourth-order valence-electron chi connectivity index (χ4n) is 2.10. The van der Waals surface area contributed by atoms with Gasteiger partial charge in [0.15, 0.2) is 0 Å². The van der Waals surface area contributed by atoms with E-state index in [0.29, 0.717) is 0 Å². The third-order valence-electron chi connectivity index (χ3n) is 3.31. The fourth-order valence-corrected chi connectivity index (χ4v) is 3.78. The van der Waals surface area contributed by atoms with Crippen molar-refractivity contribution in [2.24, 2.45) is 0 Å². The highest BCUT2D eigenvalue weighted by Crippen LogP contribution is 2.18. The van der Waals surface area contributed by atoms with E-state index in [-0.39, 0.29) is 0 Å². The molecular formula is C14H19NO3Si. The van der Waals surface area contributed by atoms with E-state index in [9.17, 15) is 0 Å². The molecule has 0 unspecified atom stereocenters. The zero-order chi connectivity index (χ0) is 13.7. The molecule has 0 fully saturated rings. The van der Waals surface area contributed by atoms with E-state index < -0.39 is 8.80 Å². The summed E-state index contributed by atoms with van der Waals surface area (Å²) in [6.45, 7) is 0. The van der Waals surface area contributed by atoms with Crippen LogP contribution in [0.3, 0.4) is 0 Å². The topological polar surface area (TPSA) is 40.6 Å². The molecule has 0 aliphatic rings. The first-order valence-electron chi connectivity index (χ1n) is 6.22. The van der Waals surface area contributed by atoms with Crippen LogP contribution in [0.15, 0.2) is 36.5 Å². The molecule has 0 spiro atoms. The summed E-state index contributed by atoms with van der Waals surface area (Å²) in [5.41, 5.74) is 1.03. The molecule has 0 bridgehead atoms. The van der Waals surface area contributed by atoms with Gasteiger partial charge in [0.05, 0.1) is 0 Å². The average molecular weight is 277 g/mol. The van der Waals surface area contributed by atoms with Crippen molar-refractivity contribution in [3.63, 3.8) is 0 Å². The molecule has 0 N–H and O–H groups in total. The molecule has 1 heterocycles. The average Bonchev–Trinajstić information content (AvgIpc) is 2.49. The molecule has 4 nitrogen and oxygen atoms in total. The highest BCUT2D eigenvalue weighted by atomic mass is 28.4. The Balaban J connectivity index is 2.13. The Morgan fingerprint density at radius 3 is 2.26 bits per heavy atom. The maximum Gasteiger partial charge on any atom is 0.500 e. The molecule has 0 saturated carbocycles. The summed E-state index contributed by atoms with van der Waals surface area (Å²) in [7, 11) is 2.39. The van der Waals surface area contributed by atoms with Crippen molar-refractivity contribution in [1.29, 1.82) is 0 Å². The first-order valence-corrected chi connectivity index (χ1v) is 8.15. The van der Waals surface area contributed by atoms with Crippen molar-refractivity contribution in [3.05, 3.63) is 42.2 Å². The zero-order valence-corrected chi connectivity index (χ0v) is 12.6. The van der Waals surface area contributed by atoms with Gasteiger partial charge in [0, 0.05) is 44.7 Å². The van der Waals surface area contributed by atoms with E-state index in [2.05, 4.69) is 23.2 Å². The van der Waals surface area contributed by atoms with Crippen LogP contribution in [-0.2, 0) is 19.7 Å². The summed E-state index contributed by atoms with van der Waals surface area (Å²) in [6.07, 6.45) is 2.69. The molecule has 2 aromatic rings. The Bertz CT molecular complexity index is 535. The third kappa shape index (κ3) is 3.19. The second kappa shape index (κ2) is 6.25. The largest absolute Gasteiger partial charge is 0.500 e. The second-order valence-electron chi connectivity index (χ2n) is 4.32. The van der Waals surface area contributed by atoms with Crippen LogP contribution in [0.5, 0.6) is 0 Å². The van der Waals surface area contributed by atoms with Gasteiger partial charge in [0.2, 0.25) is 0 Å². The number of benzene rings is 1. The number of hydrogen-bond donors (Lipinski definition) is 0. The van der Waals surface area contributed by atoms with Crippen molar-refractivity contribution in [2.45, 2.75) is 12.5 Å². The number of hydrogen-bond acceptors (Lipinski definition) is 4. The summed E-state index contributed by atoms with van der Waals surface area (Å²) in [6, 6.07) is 11.0. The second-order valence-corrected chi connectivity index (χ2v) is 7.41. The highest BCUT2D eigenvalue weighted by Gasteiger charge is 2.37. The minimum atomic E-state index is -2.51. The van der Waals surface area contributed by atoms with Gasteiger partial charge in [-0.1, -0.05) is 24.3 Å². The quantitative estimate of drug-likeness (QED) is 0.761. The molecule has 102 valence electrons. The zero-order valence-electron chi connectivity index (χ0n) is 11.6. The van der Waals surface area contributed by atoms with Crippen molar-refractivity contribution < 1.29 is 13.3 Å². The molecule has 0 aliphatic carbocycles. The Labute approximate surface area is 114 Å². The smallest absolute Gasteiger partial charge is 0.377 e. The van der Waals surface area contributed by atoms with Crippen LogP contribution in [0, 0.1) is 0 Å². The molecule has 2 rings (SSSR count). The van der Waals surface area contributed by atoms with Gasteiger partial charge in [0.25, 0.3) is 0 Å². The number of pyridine rings is 1. The monoisotopic (exact) mass is 277 g/mol. The van der Waals surface area contributed by atoms with Crippen molar-refractivity contribution in [3.8, 4) is 0 Å². The minimum absolute atomic E-state index is 0.724. The number of rotatable bonds is 6. The van der Waals surface area contributed by atoms with Gasteiger partial charge < -0.3 is 13.3 Å². The van der Waals surface area contributed by atoms with E-state index in [1.54, 1.807) is 21.3 Å². The Morgan fingerprint density at radius 2 is 1.63 bits per heavy atom. The molecule has 0 atom stereocenters. The van der Waals surface area contributed by atoms with E-state index in [1.165, 1.54) is 5.39 Å². The van der Waals surface area contributed by atoms with Crippen LogP contribution in [0.25, 0.3) is 10.8 Å². The van der Waals surface area contributed by atoms with Gasteiger partial charge in [-0.15, -0.1) is 0 Å². The first-order chi connectivity index (χ1) is 9.23. The Morgan fingerprint density at radius 1 is 1.00 bits per heavy atom. The number of aromatic nitrogens is 1. The van der Waals surface area contributed by atoms with Gasteiger partial charge in [-0.2, -0.15) is 0 Å². The molecule has 0 saturated heterocycles. The van der Waals surface area contributed by atoms with Gasteiger partial charge in [0.1, 0.15) is 0 Å². The molecule has 1 aromatic carbocycles. The van der Waals surface area contributed by atoms with Crippen LogP contribution in [0.2, 0.25) is 6.04 Å². The minimum Gasteiger partial charge on any atom is -0.377 e. The predicted octanol–water partition coefficient (Wildman–Crippen LogP) is 2.66. The standard InChI is InChI=1S/C14H19NO3Si/c1-16-19(17-2,18-3)9-8-14-10-12-6-4-5-7-13(12)11-15-14/h4-7,10-11H,8-9H2,1-3H3. The highest BCUT2D eigenvalue weighted by molar-refractivity contribution is 6.60. The normalized spacial score (nSPS) is 11.9. The van der Waals surface area contributed by atoms with Crippen LogP contribution < -0.4 is 0 Å². The molecule has 0 aliphatic heterocycles. The number of nitrogens with zero attached hydrogens (tertiary/aromatic N) is 1. The number of aryl methyl sites for hydroxylation is 1. The van der Waals surface area contributed by atoms with E-state index in [1.807, 2.05) is 18.3 Å². The van der Waals surface area contributed by atoms with Gasteiger partial charge in [-0.05, 0) is 17.9 Å². The lowest BCUT2D eigenvalue weighted by atomic mass is 10.1. The van der Waals surface area contributed by atoms with Crippen molar-refractivity contribution in [2.75, 3.05) is 21.3 Å². The SMILES string of the molecule is CO[Si](CCc1cc2ccccc2cn1)(OC)OC. The maximum atomic E-state index is 5.41. The van der Waals surface area contributed by atoms with Gasteiger partial charge >= 0.3 is 8.80 Å². The molecule has 1 aromatic heterocycles. The maximum absolute atomic E-state index is 5.41. The van der Waals surface area contributed by atoms with Crippen LogP contribution in [0.4, 0.5) is 0 Å². The van der Waals surface area contributed by atoms with Crippen LogP contribution in [-0.4, -0.2) is 35.1 Å². The molecule has 5 heteroatoms. The van der Waals surface area contributed by atoms with E-state index in [0.717, 1.165) is 23.5 Å². The molecule has 19 heavy (non-hydrogen) atoms. The van der Waals surface area contributed by atoms with Crippen LogP contribution in [0.1, 0.15) is 5.69 Å². The molecular weight excluding hydrogens is 258 g/mol. The van der Waals surface area contributed by atoms with E-state index >= 15 is 0 Å². The molecule has 0 amide bonds. The summed E-state index contributed by atoms with van der Waals surface area (Å²) in [4.78, 5) is 4.47. The van der Waals surface area contributed by atoms with Crippen molar-refractivity contribution in [1.82, 2.24) is 4.98 Å². The van der Waals surface area contributed by atoms with Gasteiger partial charge in [-0.3, -0.25) is 4.98 Å². The third-order valence-corrected chi connectivity index (χ3v) is 6.04. The van der Waals surface area contributed by atoms with Crippen molar-refractivity contribution >= 4 is 19.6 Å².